The Morgan fingerprint density at radius 2 is 2.24 bits per heavy atom. The molecule has 1 aromatic heterocycles. The second-order valence-electron chi connectivity index (χ2n) is 3.65. The second-order valence-corrected chi connectivity index (χ2v) is 3.65. The summed E-state index contributed by atoms with van der Waals surface area (Å²) < 4.78 is 0. The lowest BCUT2D eigenvalue weighted by Gasteiger charge is -2.10. The lowest BCUT2D eigenvalue weighted by molar-refractivity contribution is -0.118. The third kappa shape index (κ3) is 2.28. The molecule has 2 rings (SSSR count). The van der Waals surface area contributed by atoms with Gasteiger partial charge in [0.15, 0.2) is 0 Å². The summed E-state index contributed by atoms with van der Waals surface area (Å²) in [6, 6.07) is 5.63. The smallest absolute Gasteiger partial charge is 0.239 e. The molecule has 0 fully saturated rings. The van der Waals surface area contributed by atoms with Crippen LogP contribution in [0.2, 0.25) is 0 Å². The predicted molar refractivity (Wildman–Crippen MR) is 68.7 cm³/mol. The van der Waals surface area contributed by atoms with Crippen LogP contribution in [0, 0.1) is 0 Å². The summed E-state index contributed by atoms with van der Waals surface area (Å²) in [6.07, 6.45) is 3.45. The summed E-state index contributed by atoms with van der Waals surface area (Å²) in [5, 5.41) is 7.45. The number of amides is 1. The summed E-state index contributed by atoms with van der Waals surface area (Å²) in [7, 11) is 1.60. The SMILES string of the molecule is CNC(=O)CNc1ccc2cnccc2c1N. The molecular formula is C12H14N4O. The first kappa shape index (κ1) is 11.2. The van der Waals surface area contributed by atoms with Crippen LogP contribution in [0.3, 0.4) is 0 Å². The molecule has 2 aromatic rings. The lowest BCUT2D eigenvalue weighted by Crippen LogP contribution is -2.26. The Morgan fingerprint density at radius 1 is 1.41 bits per heavy atom. The highest BCUT2D eigenvalue weighted by Gasteiger charge is 2.05. The quantitative estimate of drug-likeness (QED) is 0.686. The molecule has 0 spiro atoms. The van der Waals surface area contributed by atoms with E-state index in [0.29, 0.717) is 5.69 Å². The highest BCUT2D eigenvalue weighted by Crippen LogP contribution is 2.27. The van der Waals surface area contributed by atoms with Crippen molar-refractivity contribution in [1.82, 2.24) is 10.3 Å². The lowest BCUT2D eigenvalue weighted by atomic mass is 10.1. The van der Waals surface area contributed by atoms with E-state index in [2.05, 4.69) is 15.6 Å². The number of benzene rings is 1. The molecule has 88 valence electrons. The van der Waals surface area contributed by atoms with E-state index in [9.17, 15) is 4.79 Å². The number of fused-ring (bicyclic) bond motifs is 1. The maximum absolute atomic E-state index is 11.1. The van der Waals surface area contributed by atoms with Gasteiger partial charge in [0, 0.05) is 30.2 Å². The first-order chi connectivity index (χ1) is 8.22. The van der Waals surface area contributed by atoms with E-state index < -0.39 is 0 Å². The molecule has 4 N–H and O–H groups in total. The zero-order valence-corrected chi connectivity index (χ0v) is 9.53. The molecule has 0 unspecified atom stereocenters. The van der Waals surface area contributed by atoms with Gasteiger partial charge in [0.05, 0.1) is 17.9 Å². The average Bonchev–Trinajstić information content (AvgIpc) is 2.38. The van der Waals surface area contributed by atoms with Crippen molar-refractivity contribution in [2.75, 3.05) is 24.6 Å². The largest absolute Gasteiger partial charge is 0.397 e. The molecule has 0 aliphatic carbocycles. The van der Waals surface area contributed by atoms with Crippen LogP contribution in [-0.2, 0) is 4.79 Å². The number of nitrogen functional groups attached to an aromatic ring is 1. The van der Waals surface area contributed by atoms with Crippen molar-refractivity contribution in [1.29, 1.82) is 0 Å². The molecule has 0 aliphatic rings. The fourth-order valence-corrected chi connectivity index (χ4v) is 1.61. The van der Waals surface area contributed by atoms with Crippen LogP contribution in [-0.4, -0.2) is 24.5 Å². The number of pyridine rings is 1. The maximum atomic E-state index is 11.1. The van der Waals surface area contributed by atoms with E-state index in [0.717, 1.165) is 16.5 Å². The third-order valence-electron chi connectivity index (χ3n) is 2.58. The Balaban J connectivity index is 2.29. The van der Waals surface area contributed by atoms with E-state index in [-0.39, 0.29) is 12.5 Å². The monoisotopic (exact) mass is 230 g/mol. The molecule has 1 heterocycles. The summed E-state index contributed by atoms with van der Waals surface area (Å²) in [5.74, 6) is -0.0841. The maximum Gasteiger partial charge on any atom is 0.239 e. The Hall–Kier alpha value is -2.30. The van der Waals surface area contributed by atoms with Gasteiger partial charge in [-0.1, -0.05) is 6.07 Å². The molecule has 0 saturated carbocycles. The molecule has 0 bridgehead atoms. The predicted octanol–water partition coefficient (Wildman–Crippen LogP) is 0.975. The summed E-state index contributed by atoms with van der Waals surface area (Å²) in [5.41, 5.74) is 7.41. The standard InChI is InChI=1S/C12H14N4O/c1-14-11(17)7-16-10-3-2-8-6-15-5-4-9(8)12(10)13/h2-6,16H,7,13H2,1H3,(H,14,17). The van der Waals surface area contributed by atoms with Gasteiger partial charge in [0.2, 0.25) is 5.91 Å². The van der Waals surface area contributed by atoms with E-state index in [4.69, 9.17) is 5.73 Å². The molecule has 0 radical (unpaired) electrons. The van der Waals surface area contributed by atoms with Gasteiger partial charge in [-0.3, -0.25) is 9.78 Å². The van der Waals surface area contributed by atoms with Crippen molar-refractivity contribution in [2.24, 2.45) is 0 Å². The number of nitrogens with two attached hydrogens (primary N) is 1. The van der Waals surface area contributed by atoms with E-state index in [1.165, 1.54) is 0 Å². The number of rotatable bonds is 3. The minimum Gasteiger partial charge on any atom is -0.397 e. The van der Waals surface area contributed by atoms with Gasteiger partial charge in [-0.15, -0.1) is 0 Å². The average molecular weight is 230 g/mol. The van der Waals surface area contributed by atoms with Gasteiger partial charge >= 0.3 is 0 Å². The first-order valence-electron chi connectivity index (χ1n) is 5.29. The number of nitrogens with zero attached hydrogens (tertiary/aromatic N) is 1. The Kier molecular flexibility index (Phi) is 3.09. The van der Waals surface area contributed by atoms with Crippen LogP contribution in [0.25, 0.3) is 10.8 Å². The van der Waals surface area contributed by atoms with Crippen LogP contribution in [0.1, 0.15) is 0 Å². The number of anilines is 2. The van der Waals surface area contributed by atoms with E-state index >= 15 is 0 Å². The topological polar surface area (TPSA) is 80.0 Å². The van der Waals surface area contributed by atoms with Crippen molar-refractivity contribution in [2.45, 2.75) is 0 Å². The van der Waals surface area contributed by atoms with Crippen LogP contribution >= 0.6 is 0 Å². The number of likely N-dealkylation sites (N-methyl/N-ethyl adjacent to an activating group) is 1. The molecule has 0 saturated heterocycles. The number of nitrogens with one attached hydrogen (secondary N) is 2. The second kappa shape index (κ2) is 4.69. The molecule has 1 amide bonds. The summed E-state index contributed by atoms with van der Waals surface area (Å²) in [6.45, 7) is 0.206. The molecule has 17 heavy (non-hydrogen) atoms. The van der Waals surface area contributed by atoms with Crippen molar-refractivity contribution in [3.05, 3.63) is 30.6 Å². The zero-order chi connectivity index (χ0) is 12.3. The molecule has 5 nitrogen and oxygen atoms in total. The molecule has 5 heteroatoms. The third-order valence-corrected chi connectivity index (χ3v) is 2.58. The fourth-order valence-electron chi connectivity index (χ4n) is 1.61. The Labute approximate surface area is 99.0 Å². The molecule has 1 aromatic carbocycles. The first-order valence-corrected chi connectivity index (χ1v) is 5.29. The summed E-state index contributed by atoms with van der Waals surface area (Å²) >= 11 is 0. The summed E-state index contributed by atoms with van der Waals surface area (Å²) in [4.78, 5) is 15.2. The minimum absolute atomic E-state index is 0.0841. The number of carbonyl (C=O) groups excluding carboxylic acids is 1. The Bertz CT molecular complexity index is 553. The normalized spacial score (nSPS) is 10.2. The number of carbonyl (C=O) groups is 1. The number of hydrogen-bond acceptors (Lipinski definition) is 4. The van der Waals surface area contributed by atoms with Gasteiger partial charge in [-0.25, -0.2) is 0 Å². The highest BCUT2D eigenvalue weighted by molar-refractivity contribution is 5.99. The Morgan fingerprint density at radius 3 is 3.00 bits per heavy atom. The van der Waals surface area contributed by atoms with Gasteiger partial charge < -0.3 is 16.4 Å². The van der Waals surface area contributed by atoms with Gasteiger partial charge in [0.1, 0.15) is 0 Å². The van der Waals surface area contributed by atoms with Crippen LogP contribution in [0.5, 0.6) is 0 Å². The fraction of sp³-hybridized carbons (Fsp3) is 0.167. The number of aromatic nitrogens is 1. The highest BCUT2D eigenvalue weighted by atomic mass is 16.1. The van der Waals surface area contributed by atoms with Crippen LogP contribution in [0.4, 0.5) is 11.4 Å². The number of hydrogen-bond donors (Lipinski definition) is 3. The minimum atomic E-state index is -0.0841. The zero-order valence-electron chi connectivity index (χ0n) is 9.53. The molecule has 0 atom stereocenters. The van der Waals surface area contributed by atoms with Crippen molar-refractivity contribution < 1.29 is 4.79 Å². The van der Waals surface area contributed by atoms with Crippen molar-refractivity contribution >= 4 is 28.1 Å². The van der Waals surface area contributed by atoms with E-state index in [1.54, 1.807) is 19.4 Å². The van der Waals surface area contributed by atoms with Gasteiger partial charge in [-0.2, -0.15) is 0 Å². The van der Waals surface area contributed by atoms with E-state index in [1.807, 2.05) is 18.2 Å². The van der Waals surface area contributed by atoms with Crippen molar-refractivity contribution in [3.63, 3.8) is 0 Å². The van der Waals surface area contributed by atoms with Crippen LogP contribution < -0.4 is 16.4 Å². The molecular weight excluding hydrogens is 216 g/mol. The van der Waals surface area contributed by atoms with Gasteiger partial charge in [-0.05, 0) is 12.1 Å². The molecule has 0 aliphatic heterocycles. The van der Waals surface area contributed by atoms with Gasteiger partial charge in [0.25, 0.3) is 0 Å². The van der Waals surface area contributed by atoms with Crippen molar-refractivity contribution in [3.8, 4) is 0 Å². The van der Waals surface area contributed by atoms with Crippen LogP contribution in [0.15, 0.2) is 30.6 Å².